The molecule has 0 spiro atoms. The van der Waals surface area contributed by atoms with Gasteiger partial charge in [-0.3, -0.25) is 9.59 Å². The Bertz CT molecular complexity index is 919. The minimum absolute atomic E-state index is 0.00817. The molecule has 1 N–H and O–H groups in total. The number of amides is 1. The minimum atomic E-state index is -0.00817. The average Bonchev–Trinajstić information content (AvgIpc) is 3.01. The van der Waals surface area contributed by atoms with E-state index in [-0.39, 0.29) is 29.6 Å². The summed E-state index contributed by atoms with van der Waals surface area (Å²) in [5, 5.41) is 3.36. The van der Waals surface area contributed by atoms with E-state index in [0.29, 0.717) is 11.8 Å². The van der Waals surface area contributed by atoms with Crippen LogP contribution < -0.4 is 5.32 Å². The highest BCUT2D eigenvalue weighted by molar-refractivity contribution is 5.94. The Hall–Kier alpha value is -2.42. The lowest BCUT2D eigenvalue weighted by atomic mass is 9.59. The highest BCUT2D eigenvalue weighted by Gasteiger charge is 2.54. The molecule has 1 amide bonds. The topological polar surface area (TPSA) is 46.2 Å². The van der Waals surface area contributed by atoms with Crippen LogP contribution in [-0.4, -0.2) is 17.7 Å². The first-order valence-corrected chi connectivity index (χ1v) is 10.7. The van der Waals surface area contributed by atoms with Gasteiger partial charge in [0.2, 0.25) is 5.91 Å². The van der Waals surface area contributed by atoms with Gasteiger partial charge in [-0.25, -0.2) is 0 Å². The molecule has 0 bridgehead atoms. The zero-order chi connectivity index (χ0) is 19.3. The number of ketones is 1. The van der Waals surface area contributed by atoms with Crippen LogP contribution in [0.1, 0.15) is 77.9 Å². The second kappa shape index (κ2) is 6.88. The standard InChI is InChI=1S/C25H27NO2/c1-15(27)17-12-13-19-20(14-17)18-10-6-3-7-11-21-23(18)24(25(28)26-21)22(19)16-8-4-2-5-9-16/h2,4-5,8-9,12-14,18,21-24H,3,6-7,10-11H2,1H3,(H,26,28)/t18-,21-,22+,23+,24+/m0/s1. The number of carbonyl (C=O) groups excluding carboxylic acids is 2. The van der Waals surface area contributed by atoms with Crippen LogP contribution in [0.5, 0.6) is 0 Å². The molecule has 2 aliphatic carbocycles. The van der Waals surface area contributed by atoms with Crippen LogP contribution >= 0.6 is 0 Å². The Kier molecular flexibility index (Phi) is 4.34. The van der Waals surface area contributed by atoms with Crippen LogP contribution in [0.25, 0.3) is 0 Å². The molecule has 1 saturated carbocycles. The number of nitrogens with one attached hydrogen (secondary N) is 1. The van der Waals surface area contributed by atoms with E-state index in [1.54, 1.807) is 6.92 Å². The largest absolute Gasteiger partial charge is 0.353 e. The maximum atomic E-state index is 13.2. The zero-order valence-corrected chi connectivity index (χ0v) is 16.4. The second-order valence-corrected chi connectivity index (χ2v) is 8.75. The minimum Gasteiger partial charge on any atom is -0.353 e. The van der Waals surface area contributed by atoms with E-state index < -0.39 is 0 Å². The molecule has 5 rings (SSSR count). The van der Waals surface area contributed by atoms with Gasteiger partial charge in [-0.15, -0.1) is 0 Å². The summed E-state index contributed by atoms with van der Waals surface area (Å²) in [5.74, 6) is 1.09. The molecule has 1 heterocycles. The fourth-order valence-electron chi connectivity index (χ4n) is 6.07. The summed E-state index contributed by atoms with van der Waals surface area (Å²) < 4.78 is 0. The maximum absolute atomic E-state index is 13.2. The summed E-state index contributed by atoms with van der Waals surface area (Å²) in [4.78, 5) is 25.3. The third-order valence-electron chi connectivity index (χ3n) is 7.25. The molecule has 3 heteroatoms. The lowest BCUT2D eigenvalue weighted by Crippen LogP contribution is -2.38. The molecule has 2 fully saturated rings. The molecule has 1 aliphatic heterocycles. The molecule has 144 valence electrons. The molecule has 3 nitrogen and oxygen atoms in total. The molecule has 1 saturated heterocycles. The van der Waals surface area contributed by atoms with Gasteiger partial charge in [-0.05, 0) is 54.4 Å². The van der Waals surface area contributed by atoms with Gasteiger partial charge in [0, 0.05) is 17.5 Å². The molecule has 0 radical (unpaired) electrons. The molecular weight excluding hydrogens is 346 g/mol. The number of Topliss-reactive ketones (excluding diaryl/α,β-unsaturated/α-hetero) is 1. The highest BCUT2D eigenvalue weighted by Crippen LogP contribution is 2.55. The van der Waals surface area contributed by atoms with E-state index in [9.17, 15) is 9.59 Å². The smallest absolute Gasteiger partial charge is 0.224 e. The molecule has 28 heavy (non-hydrogen) atoms. The molecule has 0 aromatic heterocycles. The molecule has 2 aromatic rings. The Morgan fingerprint density at radius 2 is 1.75 bits per heavy atom. The monoisotopic (exact) mass is 373 g/mol. The van der Waals surface area contributed by atoms with Crippen LogP contribution in [0.3, 0.4) is 0 Å². The van der Waals surface area contributed by atoms with Gasteiger partial charge < -0.3 is 5.32 Å². The fraction of sp³-hybridized carbons (Fsp3) is 0.440. The van der Waals surface area contributed by atoms with E-state index in [2.05, 4.69) is 41.7 Å². The van der Waals surface area contributed by atoms with Crippen molar-refractivity contribution in [2.24, 2.45) is 11.8 Å². The van der Waals surface area contributed by atoms with Crippen molar-refractivity contribution in [3.05, 3.63) is 70.8 Å². The first-order chi connectivity index (χ1) is 13.6. The Balaban J connectivity index is 1.73. The van der Waals surface area contributed by atoms with Crippen LogP contribution in [-0.2, 0) is 4.79 Å². The molecular formula is C25H27NO2. The third kappa shape index (κ3) is 2.71. The van der Waals surface area contributed by atoms with Crippen molar-refractivity contribution in [3.63, 3.8) is 0 Å². The van der Waals surface area contributed by atoms with Gasteiger partial charge >= 0.3 is 0 Å². The predicted octanol–water partition coefficient (Wildman–Crippen LogP) is 4.81. The van der Waals surface area contributed by atoms with Crippen molar-refractivity contribution in [1.82, 2.24) is 5.32 Å². The van der Waals surface area contributed by atoms with Gasteiger partial charge in [-0.1, -0.05) is 61.7 Å². The van der Waals surface area contributed by atoms with E-state index in [0.717, 1.165) is 18.4 Å². The van der Waals surface area contributed by atoms with E-state index in [1.807, 2.05) is 12.1 Å². The Labute approximate surface area is 166 Å². The number of benzene rings is 2. The third-order valence-corrected chi connectivity index (χ3v) is 7.25. The summed E-state index contributed by atoms with van der Waals surface area (Å²) in [6, 6.07) is 16.9. The van der Waals surface area contributed by atoms with Crippen LogP contribution in [0.4, 0.5) is 0 Å². The normalized spacial score (nSPS) is 31.2. The average molecular weight is 373 g/mol. The van der Waals surface area contributed by atoms with E-state index in [4.69, 9.17) is 0 Å². The van der Waals surface area contributed by atoms with Gasteiger partial charge in [0.25, 0.3) is 0 Å². The van der Waals surface area contributed by atoms with Gasteiger partial charge in [0.05, 0.1) is 5.92 Å². The maximum Gasteiger partial charge on any atom is 0.224 e. The number of hydrogen-bond acceptors (Lipinski definition) is 2. The first kappa shape index (κ1) is 17.7. The number of rotatable bonds is 2. The quantitative estimate of drug-likeness (QED) is 0.768. The lowest BCUT2D eigenvalue weighted by Gasteiger charge is -2.43. The van der Waals surface area contributed by atoms with Crippen molar-refractivity contribution in [2.45, 2.75) is 56.9 Å². The fourth-order valence-corrected chi connectivity index (χ4v) is 6.07. The second-order valence-electron chi connectivity index (χ2n) is 8.75. The molecule has 0 unspecified atom stereocenters. The molecule has 3 aliphatic rings. The van der Waals surface area contributed by atoms with Gasteiger partial charge in [-0.2, -0.15) is 0 Å². The molecule has 2 aromatic carbocycles. The summed E-state index contributed by atoms with van der Waals surface area (Å²) >= 11 is 0. The van der Waals surface area contributed by atoms with E-state index >= 15 is 0 Å². The Morgan fingerprint density at radius 1 is 0.964 bits per heavy atom. The molecule has 5 atom stereocenters. The van der Waals surface area contributed by atoms with Crippen LogP contribution in [0.2, 0.25) is 0 Å². The van der Waals surface area contributed by atoms with Crippen molar-refractivity contribution in [2.75, 3.05) is 0 Å². The predicted molar refractivity (Wildman–Crippen MR) is 109 cm³/mol. The van der Waals surface area contributed by atoms with Crippen molar-refractivity contribution < 1.29 is 9.59 Å². The SMILES string of the molecule is CC(=O)c1ccc2c(c1)[C@@H]1CCCCC[C@@H]3NC(=O)[C@H]([C@@H]2c2ccccc2)[C@@H]31. The van der Waals surface area contributed by atoms with Gasteiger partial charge in [0.1, 0.15) is 0 Å². The van der Waals surface area contributed by atoms with Gasteiger partial charge in [0.15, 0.2) is 5.78 Å². The highest BCUT2D eigenvalue weighted by atomic mass is 16.2. The van der Waals surface area contributed by atoms with Crippen molar-refractivity contribution in [1.29, 1.82) is 0 Å². The number of fused-ring (bicyclic) bond motifs is 2. The summed E-state index contributed by atoms with van der Waals surface area (Å²) in [6.07, 6.45) is 5.81. The van der Waals surface area contributed by atoms with Crippen LogP contribution in [0.15, 0.2) is 48.5 Å². The Morgan fingerprint density at radius 3 is 2.54 bits per heavy atom. The van der Waals surface area contributed by atoms with Crippen molar-refractivity contribution >= 4 is 11.7 Å². The summed E-state index contributed by atoms with van der Waals surface area (Å²) in [5.41, 5.74) is 4.56. The summed E-state index contributed by atoms with van der Waals surface area (Å²) in [6.45, 7) is 1.64. The van der Waals surface area contributed by atoms with Crippen LogP contribution in [0, 0.1) is 11.8 Å². The zero-order valence-electron chi connectivity index (χ0n) is 16.4. The van der Waals surface area contributed by atoms with Crippen molar-refractivity contribution in [3.8, 4) is 0 Å². The first-order valence-electron chi connectivity index (χ1n) is 10.7. The summed E-state index contributed by atoms with van der Waals surface area (Å²) in [7, 11) is 0. The number of hydrogen-bond donors (Lipinski definition) is 1. The van der Waals surface area contributed by atoms with E-state index in [1.165, 1.54) is 36.0 Å². The lowest BCUT2D eigenvalue weighted by molar-refractivity contribution is -0.123. The number of carbonyl (C=O) groups is 2.